The molecule has 0 saturated carbocycles. The molecule has 1 heterocycles. The van der Waals surface area contributed by atoms with E-state index in [1.807, 2.05) is 25.1 Å². The molecule has 0 aliphatic rings. The maximum Gasteiger partial charge on any atom is 0.255 e. The number of para-hydroxylation sites is 1. The zero-order valence-corrected chi connectivity index (χ0v) is 13.8. The monoisotopic (exact) mass is 334 g/mol. The van der Waals surface area contributed by atoms with Crippen LogP contribution >= 0.6 is 0 Å². The standard InChI is InChI=1S/C20H18N2O3/c1-14-7-2-3-9-16(14)20(24)22-18-11-5-4-10-17(18)19(23)21-13-15-8-6-12-25-15/h2-12H,13H2,1H3,(H,21,23)(H,22,24). The van der Waals surface area contributed by atoms with Crippen molar-refractivity contribution in [2.24, 2.45) is 0 Å². The zero-order valence-electron chi connectivity index (χ0n) is 13.8. The minimum atomic E-state index is -0.280. The number of amides is 2. The minimum Gasteiger partial charge on any atom is -0.467 e. The molecule has 0 aliphatic carbocycles. The van der Waals surface area contributed by atoms with E-state index in [4.69, 9.17) is 4.42 Å². The Balaban J connectivity index is 1.75. The summed E-state index contributed by atoms with van der Waals surface area (Å²) in [6, 6.07) is 17.8. The Hall–Kier alpha value is -3.34. The van der Waals surface area contributed by atoms with Gasteiger partial charge >= 0.3 is 0 Å². The number of rotatable bonds is 5. The fourth-order valence-corrected chi connectivity index (χ4v) is 2.48. The lowest BCUT2D eigenvalue weighted by Gasteiger charge is -2.12. The second-order valence-electron chi connectivity index (χ2n) is 5.58. The molecule has 5 nitrogen and oxygen atoms in total. The number of nitrogens with one attached hydrogen (secondary N) is 2. The number of benzene rings is 2. The summed E-state index contributed by atoms with van der Waals surface area (Å²) in [7, 11) is 0. The molecule has 2 aromatic carbocycles. The Bertz CT molecular complexity index is 885. The summed E-state index contributed by atoms with van der Waals surface area (Å²) >= 11 is 0. The summed E-state index contributed by atoms with van der Waals surface area (Å²) in [6.45, 7) is 2.16. The topological polar surface area (TPSA) is 71.3 Å². The van der Waals surface area contributed by atoms with E-state index in [2.05, 4.69) is 10.6 Å². The van der Waals surface area contributed by atoms with E-state index in [0.29, 0.717) is 22.6 Å². The van der Waals surface area contributed by atoms with E-state index in [9.17, 15) is 9.59 Å². The van der Waals surface area contributed by atoms with Crippen LogP contribution in [0.15, 0.2) is 71.3 Å². The van der Waals surface area contributed by atoms with Crippen molar-refractivity contribution in [1.82, 2.24) is 5.32 Å². The predicted octanol–water partition coefficient (Wildman–Crippen LogP) is 3.77. The van der Waals surface area contributed by atoms with Crippen molar-refractivity contribution < 1.29 is 14.0 Å². The molecule has 126 valence electrons. The fraction of sp³-hybridized carbons (Fsp3) is 0.100. The first-order valence-electron chi connectivity index (χ1n) is 7.92. The summed E-state index contributed by atoms with van der Waals surface area (Å²) in [5.74, 6) is 0.135. The Kier molecular flexibility index (Phi) is 4.95. The van der Waals surface area contributed by atoms with Crippen molar-refractivity contribution in [1.29, 1.82) is 0 Å². The summed E-state index contributed by atoms with van der Waals surface area (Å²) in [5, 5.41) is 5.60. The van der Waals surface area contributed by atoms with Crippen molar-refractivity contribution in [3.8, 4) is 0 Å². The van der Waals surface area contributed by atoms with Crippen LogP contribution in [0.3, 0.4) is 0 Å². The average Bonchev–Trinajstić information content (AvgIpc) is 3.14. The molecule has 1 aromatic heterocycles. The quantitative estimate of drug-likeness (QED) is 0.746. The lowest BCUT2D eigenvalue weighted by molar-refractivity contribution is 0.0949. The number of carbonyl (C=O) groups excluding carboxylic acids is 2. The van der Waals surface area contributed by atoms with Crippen molar-refractivity contribution in [2.75, 3.05) is 5.32 Å². The van der Waals surface area contributed by atoms with Crippen LogP contribution in [0.25, 0.3) is 0 Å². The molecule has 0 bridgehead atoms. The number of hydrogen-bond donors (Lipinski definition) is 2. The average molecular weight is 334 g/mol. The number of aryl methyl sites for hydroxylation is 1. The van der Waals surface area contributed by atoms with Crippen molar-refractivity contribution >= 4 is 17.5 Å². The SMILES string of the molecule is Cc1ccccc1C(=O)Nc1ccccc1C(=O)NCc1ccco1. The summed E-state index contributed by atoms with van der Waals surface area (Å²) < 4.78 is 5.20. The molecule has 0 saturated heterocycles. The second-order valence-corrected chi connectivity index (χ2v) is 5.58. The van der Waals surface area contributed by atoms with Crippen LogP contribution < -0.4 is 10.6 Å². The van der Waals surface area contributed by atoms with Gasteiger partial charge in [0.05, 0.1) is 24.1 Å². The zero-order chi connectivity index (χ0) is 17.6. The molecule has 0 fully saturated rings. The van der Waals surface area contributed by atoms with Crippen LogP contribution in [0.1, 0.15) is 32.0 Å². The van der Waals surface area contributed by atoms with Crippen LogP contribution in [0.2, 0.25) is 0 Å². The lowest BCUT2D eigenvalue weighted by Crippen LogP contribution is -2.24. The third kappa shape index (κ3) is 3.95. The first-order valence-corrected chi connectivity index (χ1v) is 7.92. The minimum absolute atomic E-state index is 0.246. The van der Waals surface area contributed by atoms with Gasteiger partial charge in [0.25, 0.3) is 11.8 Å². The van der Waals surface area contributed by atoms with Gasteiger partial charge in [-0.25, -0.2) is 0 Å². The Morgan fingerprint density at radius 3 is 2.32 bits per heavy atom. The maximum atomic E-state index is 12.5. The van der Waals surface area contributed by atoms with E-state index in [0.717, 1.165) is 5.56 Å². The van der Waals surface area contributed by atoms with E-state index in [1.54, 1.807) is 48.7 Å². The molecule has 3 aromatic rings. The number of anilines is 1. The molecular formula is C20H18N2O3. The van der Waals surface area contributed by atoms with Gasteiger partial charge in [0, 0.05) is 5.56 Å². The smallest absolute Gasteiger partial charge is 0.255 e. The molecule has 0 aliphatic heterocycles. The van der Waals surface area contributed by atoms with E-state index < -0.39 is 0 Å². The molecule has 25 heavy (non-hydrogen) atoms. The molecule has 0 spiro atoms. The summed E-state index contributed by atoms with van der Waals surface area (Å²) in [4.78, 5) is 24.9. The molecule has 2 amide bonds. The van der Waals surface area contributed by atoms with Gasteiger partial charge in [-0.15, -0.1) is 0 Å². The van der Waals surface area contributed by atoms with Crippen LogP contribution in [0.4, 0.5) is 5.69 Å². The number of furan rings is 1. The van der Waals surface area contributed by atoms with Crippen molar-refractivity contribution in [3.63, 3.8) is 0 Å². The molecule has 0 atom stereocenters. The van der Waals surface area contributed by atoms with Crippen molar-refractivity contribution in [3.05, 3.63) is 89.4 Å². The van der Waals surface area contributed by atoms with Crippen LogP contribution in [-0.2, 0) is 6.54 Å². The summed E-state index contributed by atoms with van der Waals surface area (Å²) in [5.41, 5.74) is 2.32. The largest absolute Gasteiger partial charge is 0.467 e. The highest BCUT2D eigenvalue weighted by atomic mass is 16.3. The summed E-state index contributed by atoms with van der Waals surface area (Å²) in [6.07, 6.45) is 1.55. The van der Waals surface area contributed by atoms with Gasteiger partial charge in [0.1, 0.15) is 5.76 Å². The Labute approximate surface area is 145 Å². The van der Waals surface area contributed by atoms with Gasteiger partial charge in [-0.05, 0) is 42.8 Å². The highest BCUT2D eigenvalue weighted by molar-refractivity contribution is 6.09. The first kappa shape index (κ1) is 16.5. The third-order valence-electron chi connectivity index (χ3n) is 3.81. The van der Waals surface area contributed by atoms with E-state index >= 15 is 0 Å². The molecule has 0 unspecified atom stereocenters. The molecular weight excluding hydrogens is 316 g/mol. The van der Waals surface area contributed by atoms with E-state index in [1.165, 1.54) is 0 Å². The van der Waals surface area contributed by atoms with Crippen molar-refractivity contribution in [2.45, 2.75) is 13.5 Å². The lowest BCUT2D eigenvalue weighted by atomic mass is 10.1. The molecule has 0 radical (unpaired) electrons. The van der Waals surface area contributed by atoms with Crippen LogP contribution in [0.5, 0.6) is 0 Å². The highest BCUT2D eigenvalue weighted by Crippen LogP contribution is 2.17. The van der Waals surface area contributed by atoms with Crippen LogP contribution in [-0.4, -0.2) is 11.8 Å². The molecule has 2 N–H and O–H groups in total. The number of hydrogen-bond acceptors (Lipinski definition) is 3. The third-order valence-corrected chi connectivity index (χ3v) is 3.81. The highest BCUT2D eigenvalue weighted by Gasteiger charge is 2.15. The van der Waals surface area contributed by atoms with Gasteiger partial charge in [-0.3, -0.25) is 9.59 Å². The van der Waals surface area contributed by atoms with Gasteiger partial charge < -0.3 is 15.1 Å². The Morgan fingerprint density at radius 1 is 0.880 bits per heavy atom. The van der Waals surface area contributed by atoms with Gasteiger partial charge in [-0.1, -0.05) is 30.3 Å². The maximum absolute atomic E-state index is 12.5. The second kappa shape index (κ2) is 7.49. The fourth-order valence-electron chi connectivity index (χ4n) is 2.48. The first-order chi connectivity index (χ1) is 12.1. The molecule has 5 heteroatoms. The predicted molar refractivity (Wildman–Crippen MR) is 95.5 cm³/mol. The van der Waals surface area contributed by atoms with Gasteiger partial charge in [0.2, 0.25) is 0 Å². The molecule has 3 rings (SSSR count). The Morgan fingerprint density at radius 2 is 1.60 bits per heavy atom. The normalized spacial score (nSPS) is 10.3. The van der Waals surface area contributed by atoms with E-state index in [-0.39, 0.29) is 18.4 Å². The van der Waals surface area contributed by atoms with Gasteiger partial charge in [-0.2, -0.15) is 0 Å². The number of carbonyl (C=O) groups is 2. The van der Waals surface area contributed by atoms with Gasteiger partial charge in [0.15, 0.2) is 0 Å². The van der Waals surface area contributed by atoms with Crippen LogP contribution in [0, 0.1) is 6.92 Å².